The highest BCUT2D eigenvalue weighted by Crippen LogP contribution is 2.19. The van der Waals surface area contributed by atoms with Crippen molar-refractivity contribution in [2.24, 2.45) is 0 Å². The summed E-state index contributed by atoms with van der Waals surface area (Å²) in [5.74, 6) is 0.431. The fourth-order valence-corrected chi connectivity index (χ4v) is 3.36. The Morgan fingerprint density at radius 3 is 2.91 bits per heavy atom. The SMILES string of the molecule is O=C(CSc1ccncc1)NCCn1ccc(-c2ccsc2)n1. The van der Waals surface area contributed by atoms with Crippen LogP contribution in [0.5, 0.6) is 0 Å². The Hall–Kier alpha value is -2.12. The highest BCUT2D eigenvalue weighted by Gasteiger charge is 2.04. The zero-order chi connectivity index (χ0) is 15.9. The quantitative estimate of drug-likeness (QED) is 0.670. The van der Waals surface area contributed by atoms with Crippen LogP contribution in [-0.2, 0) is 11.3 Å². The Balaban J connectivity index is 1.40. The summed E-state index contributed by atoms with van der Waals surface area (Å²) in [6.45, 7) is 1.23. The lowest BCUT2D eigenvalue weighted by Crippen LogP contribution is -2.28. The van der Waals surface area contributed by atoms with Gasteiger partial charge in [-0.2, -0.15) is 16.4 Å². The predicted octanol–water partition coefficient (Wildman–Crippen LogP) is 2.92. The van der Waals surface area contributed by atoms with Crippen molar-refractivity contribution in [3.05, 3.63) is 53.6 Å². The molecule has 0 radical (unpaired) electrons. The van der Waals surface area contributed by atoms with E-state index in [-0.39, 0.29) is 5.91 Å². The minimum absolute atomic E-state index is 0.0250. The van der Waals surface area contributed by atoms with Crippen molar-refractivity contribution in [3.63, 3.8) is 0 Å². The van der Waals surface area contributed by atoms with Crippen LogP contribution in [0.15, 0.2) is 58.5 Å². The fraction of sp³-hybridized carbons (Fsp3) is 0.188. The number of hydrogen-bond donors (Lipinski definition) is 1. The number of thiophene rings is 1. The number of carbonyl (C=O) groups is 1. The third-order valence-corrected chi connectivity index (χ3v) is 4.84. The number of aromatic nitrogens is 3. The predicted molar refractivity (Wildman–Crippen MR) is 93.5 cm³/mol. The smallest absolute Gasteiger partial charge is 0.230 e. The maximum atomic E-state index is 11.8. The summed E-state index contributed by atoms with van der Waals surface area (Å²) in [6.07, 6.45) is 5.39. The van der Waals surface area contributed by atoms with Crippen LogP contribution in [0.1, 0.15) is 0 Å². The number of thioether (sulfide) groups is 1. The van der Waals surface area contributed by atoms with Gasteiger partial charge in [-0.1, -0.05) is 0 Å². The van der Waals surface area contributed by atoms with Gasteiger partial charge in [0.05, 0.1) is 18.0 Å². The molecule has 0 saturated heterocycles. The van der Waals surface area contributed by atoms with Gasteiger partial charge in [-0.05, 0) is 29.6 Å². The minimum Gasteiger partial charge on any atom is -0.354 e. The number of nitrogens with one attached hydrogen (secondary N) is 1. The van der Waals surface area contributed by atoms with Crippen LogP contribution in [0, 0.1) is 0 Å². The molecule has 7 heteroatoms. The second-order valence-corrected chi connectivity index (χ2v) is 6.63. The second kappa shape index (κ2) is 7.94. The lowest BCUT2D eigenvalue weighted by Gasteiger charge is -2.05. The molecule has 3 aromatic heterocycles. The van der Waals surface area contributed by atoms with Gasteiger partial charge in [0, 0.05) is 41.0 Å². The van der Waals surface area contributed by atoms with Gasteiger partial charge in [0.15, 0.2) is 0 Å². The van der Waals surface area contributed by atoms with Gasteiger partial charge in [-0.15, -0.1) is 11.8 Å². The average molecular weight is 344 g/mol. The van der Waals surface area contributed by atoms with E-state index in [1.807, 2.05) is 34.5 Å². The normalized spacial score (nSPS) is 10.6. The van der Waals surface area contributed by atoms with Crippen LogP contribution in [0.2, 0.25) is 0 Å². The standard InChI is InChI=1S/C16H16N4OS2/c21-16(12-23-14-1-5-17-6-2-14)18-7-9-20-8-3-15(19-20)13-4-10-22-11-13/h1-6,8,10-11H,7,9,12H2,(H,18,21). The van der Waals surface area contributed by atoms with Crippen LogP contribution in [0.3, 0.4) is 0 Å². The first-order chi connectivity index (χ1) is 11.3. The molecule has 5 nitrogen and oxygen atoms in total. The van der Waals surface area contributed by atoms with Crippen molar-refractivity contribution in [1.82, 2.24) is 20.1 Å². The van der Waals surface area contributed by atoms with Crippen LogP contribution in [-0.4, -0.2) is 33.0 Å². The van der Waals surface area contributed by atoms with Crippen molar-refractivity contribution in [3.8, 4) is 11.3 Å². The molecule has 0 aromatic carbocycles. The molecule has 0 fully saturated rings. The van der Waals surface area contributed by atoms with Crippen molar-refractivity contribution in [2.75, 3.05) is 12.3 Å². The molecule has 1 amide bonds. The van der Waals surface area contributed by atoms with E-state index in [9.17, 15) is 4.79 Å². The topological polar surface area (TPSA) is 59.8 Å². The van der Waals surface area contributed by atoms with Gasteiger partial charge < -0.3 is 5.32 Å². The molecule has 0 unspecified atom stereocenters. The lowest BCUT2D eigenvalue weighted by atomic mass is 10.2. The third kappa shape index (κ3) is 4.67. The van der Waals surface area contributed by atoms with Gasteiger partial charge in [0.25, 0.3) is 0 Å². The summed E-state index contributed by atoms with van der Waals surface area (Å²) >= 11 is 3.16. The number of pyridine rings is 1. The number of hydrogen-bond acceptors (Lipinski definition) is 5. The van der Waals surface area contributed by atoms with E-state index in [0.717, 1.165) is 16.2 Å². The molecule has 23 heavy (non-hydrogen) atoms. The van der Waals surface area contributed by atoms with E-state index in [2.05, 4.69) is 26.8 Å². The van der Waals surface area contributed by atoms with E-state index in [1.54, 1.807) is 23.7 Å². The zero-order valence-electron chi connectivity index (χ0n) is 12.4. The van der Waals surface area contributed by atoms with E-state index in [4.69, 9.17) is 0 Å². The number of rotatable bonds is 7. The molecule has 0 bridgehead atoms. The molecule has 0 spiro atoms. The molecule has 0 aliphatic rings. The molecule has 0 saturated carbocycles. The third-order valence-electron chi connectivity index (χ3n) is 3.14. The Morgan fingerprint density at radius 1 is 1.26 bits per heavy atom. The molecule has 0 aliphatic heterocycles. The van der Waals surface area contributed by atoms with Gasteiger partial charge >= 0.3 is 0 Å². The van der Waals surface area contributed by atoms with Gasteiger partial charge in [-0.3, -0.25) is 14.5 Å². The van der Waals surface area contributed by atoms with Crippen LogP contribution < -0.4 is 5.32 Å². The number of nitrogens with zero attached hydrogens (tertiary/aromatic N) is 3. The first-order valence-corrected chi connectivity index (χ1v) is 9.09. The van der Waals surface area contributed by atoms with Gasteiger partial charge in [0.1, 0.15) is 0 Å². The molecule has 0 atom stereocenters. The van der Waals surface area contributed by atoms with E-state index in [1.165, 1.54) is 11.8 Å². The molecule has 3 aromatic rings. The van der Waals surface area contributed by atoms with Gasteiger partial charge in [0.2, 0.25) is 5.91 Å². The highest BCUT2D eigenvalue weighted by molar-refractivity contribution is 8.00. The largest absolute Gasteiger partial charge is 0.354 e. The summed E-state index contributed by atoms with van der Waals surface area (Å²) in [5, 5.41) is 11.5. The van der Waals surface area contributed by atoms with Crippen LogP contribution >= 0.6 is 23.1 Å². The Bertz CT molecular complexity index is 741. The maximum Gasteiger partial charge on any atom is 0.230 e. The zero-order valence-corrected chi connectivity index (χ0v) is 14.0. The molecule has 118 valence electrons. The van der Waals surface area contributed by atoms with Crippen LogP contribution in [0.4, 0.5) is 0 Å². The summed E-state index contributed by atoms with van der Waals surface area (Å²) < 4.78 is 1.85. The first kappa shape index (κ1) is 15.8. The summed E-state index contributed by atoms with van der Waals surface area (Å²) in [6, 6.07) is 7.83. The molecule has 3 rings (SSSR count). The fourth-order valence-electron chi connectivity index (χ4n) is 1.99. The number of amides is 1. The average Bonchev–Trinajstić information content (AvgIpc) is 3.25. The van der Waals surface area contributed by atoms with Gasteiger partial charge in [-0.25, -0.2) is 0 Å². The highest BCUT2D eigenvalue weighted by atomic mass is 32.2. The number of carbonyl (C=O) groups excluding carboxylic acids is 1. The molecule has 1 N–H and O–H groups in total. The van der Waals surface area contributed by atoms with Crippen molar-refractivity contribution in [1.29, 1.82) is 0 Å². The molecule has 0 aliphatic carbocycles. The minimum atomic E-state index is 0.0250. The van der Waals surface area contributed by atoms with Crippen molar-refractivity contribution < 1.29 is 4.79 Å². The second-order valence-electron chi connectivity index (χ2n) is 4.80. The molecular weight excluding hydrogens is 328 g/mol. The van der Waals surface area contributed by atoms with E-state index < -0.39 is 0 Å². The molecular formula is C16H16N4OS2. The Kier molecular flexibility index (Phi) is 5.44. The van der Waals surface area contributed by atoms with Crippen molar-refractivity contribution >= 4 is 29.0 Å². The molecule has 3 heterocycles. The first-order valence-electron chi connectivity index (χ1n) is 7.17. The summed E-state index contributed by atoms with van der Waals surface area (Å²) in [7, 11) is 0. The Labute approximate surface area is 142 Å². The van der Waals surface area contributed by atoms with E-state index >= 15 is 0 Å². The summed E-state index contributed by atoms with van der Waals surface area (Å²) in [5.41, 5.74) is 2.09. The monoisotopic (exact) mass is 344 g/mol. The van der Waals surface area contributed by atoms with E-state index in [0.29, 0.717) is 18.8 Å². The van der Waals surface area contributed by atoms with Crippen molar-refractivity contribution in [2.45, 2.75) is 11.4 Å². The maximum absolute atomic E-state index is 11.8. The Morgan fingerprint density at radius 2 is 2.13 bits per heavy atom. The summed E-state index contributed by atoms with van der Waals surface area (Å²) in [4.78, 5) is 16.8. The lowest BCUT2D eigenvalue weighted by molar-refractivity contribution is -0.118. The van der Waals surface area contributed by atoms with Crippen LogP contribution in [0.25, 0.3) is 11.3 Å².